The van der Waals surface area contributed by atoms with Gasteiger partial charge in [-0.1, -0.05) is 0 Å². The van der Waals surface area contributed by atoms with Gasteiger partial charge in [0.2, 0.25) is 10.0 Å². The van der Waals surface area contributed by atoms with Crippen LogP contribution in [0.3, 0.4) is 0 Å². The van der Waals surface area contributed by atoms with Crippen LogP contribution in [0.4, 0.5) is 4.39 Å². The highest BCUT2D eigenvalue weighted by Crippen LogP contribution is 2.21. The molecule has 0 bridgehead atoms. The van der Waals surface area contributed by atoms with Gasteiger partial charge >= 0.3 is 5.97 Å². The van der Waals surface area contributed by atoms with E-state index in [1.807, 2.05) is 4.72 Å². The number of aryl methyl sites for hydroxylation is 2. The molecule has 19 heavy (non-hydrogen) atoms. The fourth-order valence-corrected chi connectivity index (χ4v) is 3.37. The second-order valence-corrected chi connectivity index (χ2v) is 5.71. The van der Waals surface area contributed by atoms with Gasteiger partial charge in [0.1, 0.15) is 11.9 Å². The highest BCUT2D eigenvalue weighted by atomic mass is 32.2. The molecule has 0 fully saturated rings. The predicted molar refractivity (Wildman–Crippen MR) is 64.7 cm³/mol. The molecule has 6 nitrogen and oxygen atoms in total. The maximum Gasteiger partial charge on any atom is 0.324 e. The molecule has 1 aromatic rings. The highest BCUT2D eigenvalue weighted by Gasteiger charge is 2.27. The molecular weight excluding hydrogens is 277 g/mol. The fraction of sp³-hybridized carbons (Fsp3) is 0.364. The zero-order chi connectivity index (χ0) is 14.8. The Morgan fingerprint density at radius 3 is 2.21 bits per heavy atom. The zero-order valence-corrected chi connectivity index (χ0v) is 11.2. The van der Waals surface area contributed by atoms with E-state index >= 15 is 0 Å². The summed E-state index contributed by atoms with van der Waals surface area (Å²) in [4.78, 5) is 10.5. The summed E-state index contributed by atoms with van der Waals surface area (Å²) in [6.07, 6.45) is 0. The van der Waals surface area contributed by atoms with Crippen LogP contribution in [0.5, 0.6) is 0 Å². The number of aliphatic carboxylic acids is 1. The topological polar surface area (TPSA) is 104 Å². The van der Waals surface area contributed by atoms with E-state index in [0.717, 1.165) is 12.1 Å². The Morgan fingerprint density at radius 1 is 1.37 bits per heavy atom. The average molecular weight is 291 g/mol. The van der Waals surface area contributed by atoms with E-state index in [2.05, 4.69) is 0 Å². The molecule has 1 aromatic carbocycles. The summed E-state index contributed by atoms with van der Waals surface area (Å²) in [6.45, 7) is 1.92. The van der Waals surface area contributed by atoms with E-state index in [1.165, 1.54) is 13.8 Å². The Hall–Kier alpha value is -1.51. The van der Waals surface area contributed by atoms with Gasteiger partial charge in [-0.25, -0.2) is 12.8 Å². The number of hydrogen-bond donors (Lipinski definition) is 3. The number of rotatable bonds is 5. The minimum absolute atomic E-state index is 0.159. The molecule has 0 heterocycles. The highest BCUT2D eigenvalue weighted by molar-refractivity contribution is 7.89. The Bertz CT molecular complexity index is 576. The molecule has 0 saturated carbocycles. The van der Waals surface area contributed by atoms with Crippen LogP contribution in [-0.2, 0) is 14.8 Å². The van der Waals surface area contributed by atoms with Crippen LogP contribution < -0.4 is 4.72 Å². The standard InChI is InChI=1S/C11H14FNO5S/c1-6-3-8(12)4-7(2)10(6)19(17,18)13-9(5-14)11(15)16/h3-4,9,13-14H,5H2,1-2H3,(H,15,16)/t9-/m0/s1. The summed E-state index contributed by atoms with van der Waals surface area (Å²) < 4.78 is 39.1. The molecule has 0 aliphatic carbocycles. The van der Waals surface area contributed by atoms with Crippen molar-refractivity contribution < 1.29 is 27.8 Å². The van der Waals surface area contributed by atoms with Gasteiger partial charge in [0.05, 0.1) is 11.5 Å². The first-order chi connectivity index (χ1) is 8.69. The number of benzene rings is 1. The maximum atomic E-state index is 13.1. The molecule has 0 amide bonds. The number of aliphatic hydroxyl groups is 1. The molecule has 0 unspecified atom stereocenters. The van der Waals surface area contributed by atoms with Crippen LogP contribution in [0.2, 0.25) is 0 Å². The smallest absolute Gasteiger partial charge is 0.324 e. The van der Waals surface area contributed by atoms with E-state index in [1.54, 1.807) is 0 Å². The number of hydrogen-bond acceptors (Lipinski definition) is 4. The van der Waals surface area contributed by atoms with Crippen LogP contribution >= 0.6 is 0 Å². The molecule has 0 spiro atoms. The summed E-state index contributed by atoms with van der Waals surface area (Å²) in [5, 5.41) is 17.5. The molecule has 1 rings (SSSR count). The molecule has 1 atom stereocenters. The largest absolute Gasteiger partial charge is 0.480 e. The molecule has 0 saturated heterocycles. The lowest BCUT2D eigenvalue weighted by Crippen LogP contribution is -2.43. The van der Waals surface area contributed by atoms with Crippen molar-refractivity contribution in [2.75, 3.05) is 6.61 Å². The van der Waals surface area contributed by atoms with E-state index in [4.69, 9.17) is 10.2 Å². The first kappa shape index (κ1) is 15.5. The van der Waals surface area contributed by atoms with Gasteiger partial charge in [-0.2, -0.15) is 4.72 Å². The van der Waals surface area contributed by atoms with Crippen molar-refractivity contribution in [2.24, 2.45) is 0 Å². The number of carbonyl (C=O) groups is 1. The number of nitrogens with one attached hydrogen (secondary N) is 1. The number of carboxylic acid groups (broad SMARTS) is 1. The third kappa shape index (κ3) is 3.49. The quantitative estimate of drug-likeness (QED) is 0.717. The van der Waals surface area contributed by atoms with Gasteiger partial charge in [0.25, 0.3) is 0 Å². The van der Waals surface area contributed by atoms with Crippen molar-refractivity contribution in [3.05, 3.63) is 29.1 Å². The van der Waals surface area contributed by atoms with Crippen LogP contribution in [-0.4, -0.2) is 37.2 Å². The van der Waals surface area contributed by atoms with E-state index in [-0.39, 0.29) is 16.0 Å². The summed E-state index contributed by atoms with van der Waals surface area (Å²) in [5.74, 6) is -2.07. The van der Waals surface area contributed by atoms with Gasteiger partial charge in [-0.3, -0.25) is 4.79 Å². The van der Waals surface area contributed by atoms with Crippen LogP contribution in [0.25, 0.3) is 0 Å². The second-order valence-electron chi connectivity index (χ2n) is 4.06. The van der Waals surface area contributed by atoms with E-state index in [9.17, 15) is 17.6 Å². The Morgan fingerprint density at radius 2 is 1.84 bits per heavy atom. The van der Waals surface area contributed by atoms with Gasteiger partial charge in [-0.05, 0) is 37.1 Å². The third-order valence-electron chi connectivity index (χ3n) is 2.47. The molecule has 0 radical (unpaired) electrons. The van der Waals surface area contributed by atoms with E-state index in [0.29, 0.717) is 0 Å². The normalized spacial score (nSPS) is 13.3. The maximum absolute atomic E-state index is 13.1. The summed E-state index contributed by atoms with van der Waals surface area (Å²) in [6, 6.07) is 0.431. The molecule has 0 aromatic heterocycles. The molecule has 3 N–H and O–H groups in total. The molecule has 0 aliphatic rings. The van der Waals surface area contributed by atoms with Gasteiger partial charge < -0.3 is 10.2 Å². The minimum atomic E-state index is -4.15. The fourth-order valence-electron chi connectivity index (χ4n) is 1.73. The van der Waals surface area contributed by atoms with Crippen molar-refractivity contribution in [3.63, 3.8) is 0 Å². The number of halogens is 1. The molecule has 106 valence electrons. The van der Waals surface area contributed by atoms with Gasteiger partial charge in [0.15, 0.2) is 0 Å². The Kier molecular flexibility index (Phi) is 4.61. The first-order valence-corrected chi connectivity index (χ1v) is 6.80. The lowest BCUT2D eigenvalue weighted by molar-refractivity contribution is -0.139. The lowest BCUT2D eigenvalue weighted by atomic mass is 10.1. The van der Waals surface area contributed by atoms with Crippen molar-refractivity contribution in [2.45, 2.75) is 24.8 Å². The van der Waals surface area contributed by atoms with Crippen molar-refractivity contribution >= 4 is 16.0 Å². The minimum Gasteiger partial charge on any atom is -0.480 e. The first-order valence-electron chi connectivity index (χ1n) is 5.31. The van der Waals surface area contributed by atoms with Crippen LogP contribution in [0.15, 0.2) is 17.0 Å². The lowest BCUT2D eigenvalue weighted by Gasteiger charge is -2.15. The molecule has 8 heteroatoms. The summed E-state index contributed by atoms with van der Waals surface area (Å²) in [5.41, 5.74) is 0.319. The van der Waals surface area contributed by atoms with Gasteiger partial charge in [0, 0.05) is 0 Å². The Labute approximate surface area is 109 Å². The number of carboxylic acids is 1. The van der Waals surface area contributed by atoms with Crippen molar-refractivity contribution in [1.29, 1.82) is 0 Å². The van der Waals surface area contributed by atoms with Crippen LogP contribution in [0.1, 0.15) is 11.1 Å². The average Bonchev–Trinajstić information content (AvgIpc) is 2.23. The molecule has 0 aliphatic heterocycles. The van der Waals surface area contributed by atoms with Crippen molar-refractivity contribution in [1.82, 2.24) is 4.72 Å². The third-order valence-corrected chi connectivity index (χ3v) is 4.25. The number of sulfonamides is 1. The van der Waals surface area contributed by atoms with E-state index < -0.39 is 34.5 Å². The second kappa shape index (κ2) is 5.64. The SMILES string of the molecule is Cc1cc(F)cc(C)c1S(=O)(=O)N[C@@H](CO)C(=O)O. The summed E-state index contributed by atoms with van der Waals surface area (Å²) >= 11 is 0. The van der Waals surface area contributed by atoms with Crippen molar-refractivity contribution in [3.8, 4) is 0 Å². The summed E-state index contributed by atoms with van der Waals surface area (Å²) in [7, 11) is -4.15. The molecular formula is C11H14FNO5S. The monoisotopic (exact) mass is 291 g/mol. The Balaban J connectivity index is 3.25. The van der Waals surface area contributed by atoms with Gasteiger partial charge in [-0.15, -0.1) is 0 Å². The number of aliphatic hydroxyl groups excluding tert-OH is 1. The predicted octanol–water partition coefficient (Wildman–Crippen LogP) is 0.166. The van der Waals surface area contributed by atoms with Crippen LogP contribution in [0, 0.1) is 19.7 Å². The zero-order valence-electron chi connectivity index (χ0n) is 10.3.